The van der Waals surface area contributed by atoms with Crippen molar-refractivity contribution in [1.82, 2.24) is 5.32 Å². The molecule has 0 unspecified atom stereocenters. The van der Waals surface area contributed by atoms with Crippen molar-refractivity contribution in [3.8, 4) is 5.75 Å². The summed E-state index contributed by atoms with van der Waals surface area (Å²) in [6, 6.07) is 16.1. The number of halogens is 1. The van der Waals surface area contributed by atoms with Crippen LogP contribution in [-0.2, 0) is 4.74 Å². The van der Waals surface area contributed by atoms with Crippen molar-refractivity contribution < 1.29 is 19.0 Å². The second-order valence-electron chi connectivity index (χ2n) is 5.57. The Hall–Kier alpha value is -1.95. The standard InChI is InChI=1S/C19H24FNO3/c1-15(16-5-3-2-4-6-16)21-13-18(22)14-23-11-12-24-19-9-7-17(20)8-10-19/h2-10,15,18,21-22H,11-14H2,1H3/t15-,18+/m1/s1. The Morgan fingerprint density at radius 1 is 1.04 bits per heavy atom. The van der Waals surface area contributed by atoms with Gasteiger partial charge >= 0.3 is 0 Å². The first-order chi connectivity index (χ1) is 11.6. The van der Waals surface area contributed by atoms with Crippen LogP contribution < -0.4 is 10.1 Å². The van der Waals surface area contributed by atoms with Gasteiger partial charge in [0.2, 0.25) is 0 Å². The maximum atomic E-state index is 12.7. The van der Waals surface area contributed by atoms with Crippen molar-refractivity contribution in [3.05, 3.63) is 66.0 Å². The summed E-state index contributed by atoms with van der Waals surface area (Å²) in [6.07, 6.45) is -0.581. The largest absolute Gasteiger partial charge is 0.491 e. The fraction of sp³-hybridized carbons (Fsp3) is 0.368. The summed E-state index contributed by atoms with van der Waals surface area (Å²) < 4.78 is 23.5. The van der Waals surface area contributed by atoms with Crippen molar-refractivity contribution in [2.45, 2.75) is 19.1 Å². The third kappa shape index (κ3) is 6.66. The van der Waals surface area contributed by atoms with E-state index in [4.69, 9.17) is 9.47 Å². The summed E-state index contributed by atoms with van der Waals surface area (Å²) in [5.41, 5.74) is 1.18. The molecule has 0 saturated heterocycles. The van der Waals surface area contributed by atoms with E-state index < -0.39 is 6.10 Å². The van der Waals surface area contributed by atoms with E-state index in [2.05, 4.69) is 12.2 Å². The summed E-state index contributed by atoms with van der Waals surface area (Å²) >= 11 is 0. The van der Waals surface area contributed by atoms with Crippen LogP contribution in [0.5, 0.6) is 5.75 Å². The number of aliphatic hydroxyl groups excluding tert-OH is 1. The molecular weight excluding hydrogens is 309 g/mol. The van der Waals surface area contributed by atoms with Gasteiger partial charge in [0, 0.05) is 12.6 Å². The Kier molecular flexibility index (Phi) is 7.68. The van der Waals surface area contributed by atoms with E-state index in [1.165, 1.54) is 17.7 Å². The molecule has 2 aromatic rings. The number of hydrogen-bond donors (Lipinski definition) is 2. The van der Waals surface area contributed by atoms with Crippen LogP contribution in [0.2, 0.25) is 0 Å². The average Bonchev–Trinajstić information content (AvgIpc) is 2.61. The molecule has 0 aliphatic heterocycles. The van der Waals surface area contributed by atoms with Crippen LogP contribution in [0, 0.1) is 5.82 Å². The van der Waals surface area contributed by atoms with E-state index in [1.807, 2.05) is 30.3 Å². The molecule has 24 heavy (non-hydrogen) atoms. The molecule has 130 valence electrons. The van der Waals surface area contributed by atoms with Crippen molar-refractivity contribution in [3.63, 3.8) is 0 Å². The smallest absolute Gasteiger partial charge is 0.123 e. The number of hydrogen-bond acceptors (Lipinski definition) is 4. The Morgan fingerprint density at radius 3 is 2.46 bits per heavy atom. The molecule has 0 aliphatic carbocycles. The molecule has 0 heterocycles. The lowest BCUT2D eigenvalue weighted by Crippen LogP contribution is -2.32. The van der Waals surface area contributed by atoms with Crippen LogP contribution in [0.25, 0.3) is 0 Å². The minimum atomic E-state index is -0.581. The molecule has 5 heteroatoms. The second-order valence-corrected chi connectivity index (χ2v) is 5.57. The molecule has 0 aliphatic rings. The van der Waals surface area contributed by atoms with Gasteiger partial charge in [-0.05, 0) is 36.8 Å². The zero-order chi connectivity index (χ0) is 17.2. The first kappa shape index (κ1) is 18.4. The van der Waals surface area contributed by atoms with Gasteiger partial charge in [0.1, 0.15) is 18.2 Å². The van der Waals surface area contributed by atoms with Gasteiger partial charge in [-0.2, -0.15) is 0 Å². The van der Waals surface area contributed by atoms with Gasteiger partial charge in [-0.15, -0.1) is 0 Å². The van der Waals surface area contributed by atoms with Gasteiger partial charge in [0.15, 0.2) is 0 Å². The van der Waals surface area contributed by atoms with Crippen molar-refractivity contribution in [2.24, 2.45) is 0 Å². The van der Waals surface area contributed by atoms with Crippen molar-refractivity contribution >= 4 is 0 Å². The number of rotatable bonds is 10. The molecule has 2 N–H and O–H groups in total. The SMILES string of the molecule is C[C@@H](NC[C@H](O)COCCOc1ccc(F)cc1)c1ccccc1. The first-order valence-corrected chi connectivity index (χ1v) is 8.07. The summed E-state index contributed by atoms with van der Waals surface area (Å²) in [6.45, 7) is 3.46. The minimum Gasteiger partial charge on any atom is -0.491 e. The highest BCUT2D eigenvalue weighted by Gasteiger charge is 2.08. The zero-order valence-corrected chi connectivity index (χ0v) is 13.8. The molecule has 4 nitrogen and oxygen atoms in total. The summed E-state index contributed by atoms with van der Waals surface area (Å²) in [4.78, 5) is 0. The lowest BCUT2D eigenvalue weighted by Gasteiger charge is -2.17. The molecule has 0 aromatic heterocycles. The third-order valence-corrected chi connectivity index (χ3v) is 3.58. The maximum Gasteiger partial charge on any atom is 0.123 e. The van der Waals surface area contributed by atoms with Gasteiger partial charge in [-0.1, -0.05) is 30.3 Å². The Bertz CT molecular complexity index is 577. The Balaban J connectivity index is 1.55. The van der Waals surface area contributed by atoms with Crippen molar-refractivity contribution in [1.29, 1.82) is 0 Å². The minimum absolute atomic E-state index is 0.169. The molecule has 2 rings (SSSR count). The molecule has 0 fully saturated rings. The van der Waals surface area contributed by atoms with Gasteiger partial charge in [-0.25, -0.2) is 4.39 Å². The highest BCUT2D eigenvalue weighted by Crippen LogP contribution is 2.11. The predicted octanol–water partition coefficient (Wildman–Crippen LogP) is 2.93. The van der Waals surface area contributed by atoms with Crippen LogP contribution in [-0.4, -0.2) is 37.6 Å². The highest BCUT2D eigenvalue weighted by molar-refractivity contribution is 5.22. The fourth-order valence-electron chi connectivity index (χ4n) is 2.20. The lowest BCUT2D eigenvalue weighted by molar-refractivity contribution is 0.0242. The summed E-state index contributed by atoms with van der Waals surface area (Å²) in [7, 11) is 0. The molecule has 0 spiro atoms. The lowest BCUT2D eigenvalue weighted by atomic mass is 10.1. The highest BCUT2D eigenvalue weighted by atomic mass is 19.1. The molecule has 0 amide bonds. The summed E-state index contributed by atoms with van der Waals surface area (Å²) in [5.74, 6) is 0.304. The molecular formula is C19H24FNO3. The van der Waals surface area contributed by atoms with E-state index in [1.54, 1.807) is 12.1 Å². The molecule has 0 saturated carbocycles. The number of benzene rings is 2. The van der Waals surface area contributed by atoms with Crippen LogP contribution >= 0.6 is 0 Å². The Labute approximate surface area is 142 Å². The number of aliphatic hydroxyl groups is 1. The fourth-order valence-corrected chi connectivity index (χ4v) is 2.20. The van der Waals surface area contributed by atoms with Crippen molar-refractivity contribution in [2.75, 3.05) is 26.4 Å². The summed E-state index contributed by atoms with van der Waals surface area (Å²) in [5, 5.41) is 13.2. The quantitative estimate of drug-likeness (QED) is 0.657. The van der Waals surface area contributed by atoms with Crippen LogP contribution in [0.4, 0.5) is 4.39 Å². The van der Waals surface area contributed by atoms with E-state index >= 15 is 0 Å². The molecule has 2 aromatic carbocycles. The van der Waals surface area contributed by atoms with Gasteiger partial charge in [0.05, 0.1) is 19.3 Å². The first-order valence-electron chi connectivity index (χ1n) is 8.07. The maximum absolute atomic E-state index is 12.7. The van der Waals surface area contributed by atoms with E-state index in [9.17, 15) is 9.50 Å². The van der Waals surface area contributed by atoms with Gasteiger partial charge in [0.25, 0.3) is 0 Å². The van der Waals surface area contributed by atoms with E-state index in [0.29, 0.717) is 25.5 Å². The molecule has 0 bridgehead atoms. The monoisotopic (exact) mass is 333 g/mol. The van der Waals surface area contributed by atoms with Crippen LogP contribution in [0.3, 0.4) is 0 Å². The predicted molar refractivity (Wildman–Crippen MR) is 91.6 cm³/mol. The van der Waals surface area contributed by atoms with E-state index in [0.717, 1.165) is 0 Å². The third-order valence-electron chi connectivity index (χ3n) is 3.58. The van der Waals surface area contributed by atoms with Gasteiger partial charge in [-0.3, -0.25) is 0 Å². The second kappa shape index (κ2) is 10.0. The topological polar surface area (TPSA) is 50.7 Å². The average molecular weight is 333 g/mol. The van der Waals surface area contributed by atoms with Crippen LogP contribution in [0.15, 0.2) is 54.6 Å². The van der Waals surface area contributed by atoms with Gasteiger partial charge < -0.3 is 19.9 Å². The number of nitrogens with one attached hydrogen (secondary N) is 1. The van der Waals surface area contributed by atoms with Crippen LogP contribution in [0.1, 0.15) is 18.5 Å². The molecule has 0 radical (unpaired) electrons. The zero-order valence-electron chi connectivity index (χ0n) is 13.8. The Morgan fingerprint density at radius 2 is 1.75 bits per heavy atom. The molecule has 2 atom stereocenters. The van der Waals surface area contributed by atoms with E-state index in [-0.39, 0.29) is 18.5 Å². The normalized spacial score (nSPS) is 13.5. The number of ether oxygens (including phenoxy) is 2.